The largest absolute Gasteiger partial charge is 0.339 e. The summed E-state index contributed by atoms with van der Waals surface area (Å²) in [5.74, 6) is -0.237. The van der Waals surface area contributed by atoms with Crippen LogP contribution in [-0.2, 0) is 20.0 Å². The number of hydrogen-bond donors (Lipinski definition) is 0. The summed E-state index contributed by atoms with van der Waals surface area (Å²) in [7, 11) is 1.88. The Labute approximate surface area is 133 Å². The van der Waals surface area contributed by atoms with Crippen molar-refractivity contribution in [2.75, 3.05) is 6.54 Å². The predicted octanol–water partition coefficient (Wildman–Crippen LogP) is 3.52. The number of nitrogens with zero attached hydrogens (tertiary/aromatic N) is 2. The molecule has 0 bridgehead atoms. The number of amides is 1. The Hall–Kier alpha value is -2.62. The highest BCUT2D eigenvalue weighted by atomic mass is 19.1. The molecule has 4 rings (SSSR count). The molecule has 3 nitrogen and oxygen atoms in total. The molecule has 1 aromatic heterocycles. The van der Waals surface area contributed by atoms with Crippen molar-refractivity contribution in [1.82, 2.24) is 9.47 Å². The average Bonchev–Trinajstić information content (AvgIpc) is 2.84. The molecule has 0 radical (unpaired) electrons. The molecule has 0 aliphatic carbocycles. The lowest BCUT2D eigenvalue weighted by molar-refractivity contribution is 0.0717. The van der Waals surface area contributed by atoms with Crippen molar-refractivity contribution in [1.29, 1.82) is 0 Å². The maximum Gasteiger partial charge on any atom is 0.271 e. The van der Waals surface area contributed by atoms with Crippen LogP contribution in [0.1, 0.15) is 21.6 Å². The summed E-state index contributed by atoms with van der Waals surface area (Å²) in [6.07, 6.45) is 0.759. The highest BCUT2D eigenvalue weighted by molar-refractivity contribution is 6.02. The zero-order valence-corrected chi connectivity index (χ0v) is 12.9. The monoisotopic (exact) mass is 308 g/mol. The second kappa shape index (κ2) is 5.23. The van der Waals surface area contributed by atoms with Gasteiger partial charge in [-0.2, -0.15) is 0 Å². The van der Waals surface area contributed by atoms with Gasteiger partial charge in [0.05, 0.1) is 0 Å². The standard InChI is InChI=1S/C19H17FN2O/c1-21-17-8-7-14(20)11-16(17)15-9-10-22(19(23)18(15)21)12-13-5-3-2-4-6-13/h2-8,11H,9-10,12H2,1H3. The fourth-order valence-electron chi connectivity index (χ4n) is 3.47. The number of rotatable bonds is 2. The van der Waals surface area contributed by atoms with Crippen LogP contribution < -0.4 is 0 Å². The third-order valence-corrected chi connectivity index (χ3v) is 4.60. The van der Waals surface area contributed by atoms with E-state index in [9.17, 15) is 9.18 Å². The molecule has 0 N–H and O–H groups in total. The lowest BCUT2D eigenvalue weighted by Crippen LogP contribution is -2.37. The quantitative estimate of drug-likeness (QED) is 0.711. The van der Waals surface area contributed by atoms with Gasteiger partial charge in [-0.1, -0.05) is 30.3 Å². The SMILES string of the molecule is Cn1c2c(c3cc(F)ccc31)CCN(Cc1ccccc1)C2=O. The van der Waals surface area contributed by atoms with Crippen molar-refractivity contribution in [2.45, 2.75) is 13.0 Å². The predicted molar refractivity (Wildman–Crippen MR) is 87.8 cm³/mol. The normalized spacial score (nSPS) is 14.3. The van der Waals surface area contributed by atoms with Gasteiger partial charge in [0.25, 0.3) is 5.91 Å². The minimum Gasteiger partial charge on any atom is -0.339 e. The third kappa shape index (κ3) is 2.22. The van der Waals surface area contributed by atoms with Gasteiger partial charge < -0.3 is 9.47 Å². The van der Waals surface area contributed by atoms with Gasteiger partial charge in [-0.3, -0.25) is 4.79 Å². The Morgan fingerprint density at radius 2 is 1.91 bits per heavy atom. The number of aromatic nitrogens is 1. The molecule has 0 fully saturated rings. The van der Waals surface area contributed by atoms with E-state index in [0.29, 0.717) is 18.8 Å². The van der Waals surface area contributed by atoms with Crippen molar-refractivity contribution in [3.05, 3.63) is 71.2 Å². The van der Waals surface area contributed by atoms with E-state index in [1.807, 2.05) is 46.8 Å². The zero-order chi connectivity index (χ0) is 16.0. The van der Waals surface area contributed by atoms with E-state index in [4.69, 9.17) is 0 Å². The summed E-state index contributed by atoms with van der Waals surface area (Å²) in [6, 6.07) is 14.7. The van der Waals surface area contributed by atoms with Gasteiger partial charge in [-0.15, -0.1) is 0 Å². The molecule has 1 aliphatic heterocycles. The summed E-state index contributed by atoms with van der Waals surface area (Å²) in [5.41, 5.74) is 3.68. The number of carbonyl (C=O) groups is 1. The average molecular weight is 308 g/mol. The summed E-state index contributed by atoms with van der Waals surface area (Å²) in [4.78, 5) is 14.8. The smallest absolute Gasteiger partial charge is 0.271 e. The Bertz CT molecular complexity index is 899. The fraction of sp³-hybridized carbons (Fsp3) is 0.211. The molecule has 0 saturated carbocycles. The van der Waals surface area contributed by atoms with Crippen LogP contribution in [0.25, 0.3) is 10.9 Å². The Morgan fingerprint density at radius 1 is 1.13 bits per heavy atom. The molecular weight excluding hydrogens is 291 g/mol. The molecular formula is C19H17FN2O. The van der Waals surface area contributed by atoms with Gasteiger partial charge in [0.2, 0.25) is 0 Å². The van der Waals surface area contributed by atoms with E-state index < -0.39 is 0 Å². The molecule has 116 valence electrons. The minimum absolute atomic E-state index is 0.0224. The van der Waals surface area contributed by atoms with Gasteiger partial charge in [0.1, 0.15) is 11.5 Å². The van der Waals surface area contributed by atoms with Crippen molar-refractivity contribution < 1.29 is 9.18 Å². The van der Waals surface area contributed by atoms with Crippen LogP contribution in [0.4, 0.5) is 4.39 Å². The van der Waals surface area contributed by atoms with Crippen LogP contribution in [0.3, 0.4) is 0 Å². The Balaban J connectivity index is 1.75. The summed E-state index contributed by atoms with van der Waals surface area (Å²) in [5, 5.41) is 0.857. The lowest BCUT2D eigenvalue weighted by Gasteiger charge is -2.28. The van der Waals surface area contributed by atoms with Crippen LogP contribution in [0, 0.1) is 5.82 Å². The summed E-state index contributed by atoms with van der Waals surface area (Å²) in [6.45, 7) is 1.27. The molecule has 0 atom stereocenters. The lowest BCUT2D eigenvalue weighted by atomic mass is 10.0. The van der Waals surface area contributed by atoms with E-state index in [2.05, 4.69) is 0 Å². The first-order valence-electron chi connectivity index (χ1n) is 7.75. The second-order valence-corrected chi connectivity index (χ2v) is 6.01. The van der Waals surface area contributed by atoms with E-state index in [1.165, 1.54) is 12.1 Å². The van der Waals surface area contributed by atoms with E-state index in [-0.39, 0.29) is 11.7 Å². The molecule has 0 unspecified atom stereocenters. The summed E-state index contributed by atoms with van der Waals surface area (Å²) >= 11 is 0. The number of carbonyl (C=O) groups excluding carboxylic acids is 1. The first-order valence-corrected chi connectivity index (χ1v) is 7.75. The number of halogens is 1. The fourth-order valence-corrected chi connectivity index (χ4v) is 3.47. The number of aryl methyl sites for hydroxylation is 1. The second-order valence-electron chi connectivity index (χ2n) is 6.01. The number of hydrogen-bond acceptors (Lipinski definition) is 1. The highest BCUT2D eigenvalue weighted by Gasteiger charge is 2.29. The summed E-state index contributed by atoms with van der Waals surface area (Å²) < 4.78 is 15.5. The molecule has 2 aromatic carbocycles. The maximum absolute atomic E-state index is 13.6. The Morgan fingerprint density at radius 3 is 2.70 bits per heavy atom. The molecule has 0 saturated heterocycles. The van der Waals surface area contributed by atoms with Crippen LogP contribution in [0.5, 0.6) is 0 Å². The maximum atomic E-state index is 13.6. The van der Waals surface area contributed by atoms with Crippen LogP contribution in [-0.4, -0.2) is 21.9 Å². The number of benzene rings is 2. The van der Waals surface area contributed by atoms with Crippen LogP contribution in [0.2, 0.25) is 0 Å². The molecule has 0 spiro atoms. The minimum atomic E-state index is -0.259. The van der Waals surface area contributed by atoms with Crippen molar-refractivity contribution in [2.24, 2.45) is 7.05 Å². The van der Waals surface area contributed by atoms with Gasteiger partial charge in [-0.05, 0) is 35.7 Å². The van der Waals surface area contributed by atoms with Crippen molar-refractivity contribution in [3.63, 3.8) is 0 Å². The van der Waals surface area contributed by atoms with E-state index in [0.717, 1.165) is 28.5 Å². The van der Waals surface area contributed by atoms with E-state index in [1.54, 1.807) is 6.07 Å². The van der Waals surface area contributed by atoms with Gasteiger partial charge in [-0.25, -0.2) is 4.39 Å². The van der Waals surface area contributed by atoms with Crippen molar-refractivity contribution in [3.8, 4) is 0 Å². The molecule has 3 aromatic rings. The topological polar surface area (TPSA) is 25.2 Å². The van der Waals surface area contributed by atoms with Crippen LogP contribution in [0.15, 0.2) is 48.5 Å². The molecule has 1 amide bonds. The first kappa shape index (κ1) is 14.0. The highest BCUT2D eigenvalue weighted by Crippen LogP contribution is 2.31. The van der Waals surface area contributed by atoms with Gasteiger partial charge in [0.15, 0.2) is 0 Å². The van der Waals surface area contributed by atoms with Gasteiger partial charge >= 0.3 is 0 Å². The van der Waals surface area contributed by atoms with Gasteiger partial charge in [0, 0.05) is 31.0 Å². The Kier molecular flexibility index (Phi) is 3.18. The zero-order valence-electron chi connectivity index (χ0n) is 12.9. The van der Waals surface area contributed by atoms with Crippen molar-refractivity contribution >= 4 is 16.8 Å². The third-order valence-electron chi connectivity index (χ3n) is 4.60. The molecule has 1 aliphatic rings. The molecule has 23 heavy (non-hydrogen) atoms. The first-order chi connectivity index (χ1) is 11.1. The number of fused-ring (bicyclic) bond motifs is 3. The molecule has 2 heterocycles. The van der Waals surface area contributed by atoms with E-state index >= 15 is 0 Å². The molecule has 4 heteroatoms. The van der Waals surface area contributed by atoms with Crippen LogP contribution >= 0.6 is 0 Å².